The number of carbonyl (C=O) groups is 2. The van der Waals surface area contributed by atoms with E-state index in [-0.39, 0.29) is 23.4 Å². The van der Waals surface area contributed by atoms with Crippen molar-refractivity contribution in [3.63, 3.8) is 0 Å². The van der Waals surface area contributed by atoms with E-state index < -0.39 is 0 Å². The van der Waals surface area contributed by atoms with Crippen LogP contribution in [0.4, 0.5) is 0 Å². The molecular weight excluding hydrogens is 152 g/mol. The van der Waals surface area contributed by atoms with Crippen LogP contribution >= 0.6 is 0 Å². The number of fused-ring (bicyclic) bond motifs is 3. The summed E-state index contributed by atoms with van der Waals surface area (Å²) in [6, 6.07) is 7.39. The first-order valence-corrected chi connectivity index (χ1v) is 3.97. The van der Waals surface area contributed by atoms with Gasteiger partial charge in [-0.2, -0.15) is 0 Å². The van der Waals surface area contributed by atoms with Crippen LogP contribution in [0, 0.1) is 5.92 Å². The Morgan fingerprint density at radius 3 is 2.58 bits per heavy atom. The van der Waals surface area contributed by atoms with Gasteiger partial charge in [0.15, 0.2) is 11.6 Å². The number of ketones is 2. The molecule has 58 valence electrons. The highest BCUT2D eigenvalue weighted by molar-refractivity contribution is 6.29. The number of benzene rings is 1. The smallest absolute Gasteiger partial charge is 0.174 e. The van der Waals surface area contributed by atoms with Crippen LogP contribution in [0.2, 0.25) is 0 Å². The average molecular weight is 158 g/mol. The highest BCUT2D eigenvalue weighted by Gasteiger charge is 2.60. The average Bonchev–Trinajstić information content (AvgIpc) is 2.65. The van der Waals surface area contributed by atoms with E-state index in [9.17, 15) is 9.59 Å². The summed E-state index contributed by atoms with van der Waals surface area (Å²) in [7, 11) is 0. The van der Waals surface area contributed by atoms with Crippen molar-refractivity contribution < 1.29 is 9.59 Å². The molecule has 2 nitrogen and oxygen atoms in total. The molecule has 2 aliphatic rings. The summed E-state index contributed by atoms with van der Waals surface area (Å²) in [6.45, 7) is 0. The molecule has 0 bridgehead atoms. The van der Waals surface area contributed by atoms with Crippen LogP contribution < -0.4 is 0 Å². The summed E-state index contributed by atoms with van der Waals surface area (Å²) < 4.78 is 0. The van der Waals surface area contributed by atoms with Crippen LogP contribution in [0.15, 0.2) is 24.3 Å². The van der Waals surface area contributed by atoms with Crippen LogP contribution in [0.5, 0.6) is 0 Å². The van der Waals surface area contributed by atoms with E-state index in [0.717, 1.165) is 11.1 Å². The van der Waals surface area contributed by atoms with Crippen molar-refractivity contribution in [2.75, 3.05) is 0 Å². The molecule has 0 aromatic heterocycles. The molecule has 2 aliphatic carbocycles. The fraction of sp³-hybridized carbons (Fsp3) is 0.200. The predicted molar refractivity (Wildman–Crippen MR) is 42.0 cm³/mol. The van der Waals surface area contributed by atoms with Crippen LogP contribution in [0.25, 0.3) is 0 Å². The molecule has 0 spiro atoms. The number of Topliss-reactive ketones (excluding diaryl/α,β-unsaturated/α-hetero) is 2. The molecule has 0 saturated heterocycles. The first-order chi connectivity index (χ1) is 5.80. The summed E-state index contributed by atoms with van der Waals surface area (Å²) in [5.74, 6) is -0.240. The number of hydrogen-bond acceptors (Lipinski definition) is 2. The van der Waals surface area contributed by atoms with Crippen molar-refractivity contribution >= 4 is 11.6 Å². The zero-order valence-electron chi connectivity index (χ0n) is 6.28. The Bertz CT molecular complexity index is 406. The monoisotopic (exact) mass is 158 g/mol. The van der Waals surface area contributed by atoms with E-state index in [4.69, 9.17) is 0 Å². The van der Waals surface area contributed by atoms with Crippen LogP contribution in [0.1, 0.15) is 21.8 Å². The Morgan fingerprint density at radius 2 is 1.75 bits per heavy atom. The standard InChI is InChI=1S/C10H6O2/c11-9-6-4-2-1-3-5(6)7-8(9)10(7)12/h1-4,7-8H. The molecular formula is C10H6O2. The van der Waals surface area contributed by atoms with E-state index in [2.05, 4.69) is 0 Å². The Hall–Kier alpha value is -1.44. The van der Waals surface area contributed by atoms with Crippen molar-refractivity contribution in [1.29, 1.82) is 0 Å². The lowest BCUT2D eigenvalue weighted by Gasteiger charge is -1.97. The highest BCUT2D eigenvalue weighted by Crippen LogP contribution is 2.52. The quantitative estimate of drug-likeness (QED) is 0.531. The van der Waals surface area contributed by atoms with Gasteiger partial charge in [0.2, 0.25) is 0 Å². The van der Waals surface area contributed by atoms with Gasteiger partial charge in [0.25, 0.3) is 0 Å². The molecule has 1 saturated carbocycles. The van der Waals surface area contributed by atoms with Gasteiger partial charge in [0.1, 0.15) is 0 Å². The molecule has 2 heteroatoms. The van der Waals surface area contributed by atoms with Crippen LogP contribution in [0.3, 0.4) is 0 Å². The third kappa shape index (κ3) is 0.491. The van der Waals surface area contributed by atoms with E-state index in [1.54, 1.807) is 6.07 Å². The first kappa shape index (κ1) is 6.12. The second-order valence-electron chi connectivity index (χ2n) is 3.31. The maximum absolute atomic E-state index is 11.4. The van der Waals surface area contributed by atoms with Crippen LogP contribution in [-0.2, 0) is 4.79 Å². The molecule has 2 unspecified atom stereocenters. The predicted octanol–water partition coefficient (Wildman–Crippen LogP) is 1.17. The van der Waals surface area contributed by atoms with Gasteiger partial charge in [0.05, 0.1) is 11.8 Å². The minimum absolute atomic E-state index is 0.0283. The summed E-state index contributed by atoms with van der Waals surface area (Å²) in [5, 5.41) is 0. The van der Waals surface area contributed by atoms with Crippen molar-refractivity contribution in [2.24, 2.45) is 5.92 Å². The van der Waals surface area contributed by atoms with Gasteiger partial charge in [-0.15, -0.1) is 0 Å². The molecule has 1 aromatic carbocycles. The van der Waals surface area contributed by atoms with E-state index in [0.29, 0.717) is 0 Å². The summed E-state index contributed by atoms with van der Waals surface area (Å²) in [5.41, 5.74) is 1.70. The lowest BCUT2D eigenvalue weighted by molar-refractivity contribution is -0.111. The second-order valence-corrected chi connectivity index (χ2v) is 3.31. The molecule has 1 fully saturated rings. The van der Waals surface area contributed by atoms with Gasteiger partial charge in [0, 0.05) is 5.56 Å². The SMILES string of the molecule is O=C1c2ccccc2C2C(=O)C12. The molecule has 0 heterocycles. The summed E-state index contributed by atoms with van der Waals surface area (Å²) >= 11 is 0. The normalized spacial score (nSPS) is 30.0. The minimum atomic E-state index is -0.303. The van der Waals surface area contributed by atoms with Crippen molar-refractivity contribution in [2.45, 2.75) is 5.92 Å². The molecule has 12 heavy (non-hydrogen) atoms. The zero-order valence-corrected chi connectivity index (χ0v) is 6.28. The summed E-state index contributed by atoms with van der Waals surface area (Å²) in [6.07, 6.45) is 0. The Morgan fingerprint density at radius 1 is 1.00 bits per heavy atom. The highest BCUT2D eigenvalue weighted by atomic mass is 16.2. The van der Waals surface area contributed by atoms with E-state index in [1.807, 2.05) is 18.2 Å². The van der Waals surface area contributed by atoms with Crippen molar-refractivity contribution in [3.8, 4) is 0 Å². The molecule has 3 rings (SSSR count). The fourth-order valence-electron chi connectivity index (χ4n) is 2.01. The maximum Gasteiger partial charge on any atom is 0.174 e. The Kier molecular flexibility index (Phi) is 0.845. The van der Waals surface area contributed by atoms with Gasteiger partial charge < -0.3 is 0 Å². The van der Waals surface area contributed by atoms with Gasteiger partial charge in [-0.05, 0) is 5.56 Å². The van der Waals surface area contributed by atoms with Crippen LogP contribution in [-0.4, -0.2) is 11.6 Å². The van der Waals surface area contributed by atoms with Gasteiger partial charge in [-0.1, -0.05) is 24.3 Å². The largest absolute Gasteiger partial charge is 0.298 e. The fourth-order valence-corrected chi connectivity index (χ4v) is 2.01. The first-order valence-electron chi connectivity index (χ1n) is 3.97. The Labute approximate surface area is 69.2 Å². The lowest BCUT2D eigenvalue weighted by atomic mass is 10.1. The Balaban J connectivity index is 2.29. The van der Waals surface area contributed by atoms with Gasteiger partial charge >= 0.3 is 0 Å². The second kappa shape index (κ2) is 1.66. The number of carbonyl (C=O) groups excluding carboxylic acids is 2. The number of rotatable bonds is 0. The topological polar surface area (TPSA) is 34.1 Å². The lowest BCUT2D eigenvalue weighted by Crippen LogP contribution is -2.01. The van der Waals surface area contributed by atoms with Crippen molar-refractivity contribution in [1.82, 2.24) is 0 Å². The maximum atomic E-state index is 11.4. The molecule has 0 radical (unpaired) electrons. The molecule has 0 aliphatic heterocycles. The zero-order chi connectivity index (χ0) is 8.29. The van der Waals surface area contributed by atoms with Gasteiger partial charge in [-0.3, -0.25) is 9.59 Å². The van der Waals surface area contributed by atoms with E-state index in [1.165, 1.54) is 0 Å². The summed E-state index contributed by atoms with van der Waals surface area (Å²) in [4.78, 5) is 22.5. The third-order valence-electron chi connectivity index (χ3n) is 2.68. The molecule has 2 atom stereocenters. The minimum Gasteiger partial charge on any atom is -0.298 e. The van der Waals surface area contributed by atoms with Crippen molar-refractivity contribution in [3.05, 3.63) is 35.4 Å². The molecule has 1 aromatic rings. The molecule has 0 amide bonds. The van der Waals surface area contributed by atoms with Gasteiger partial charge in [-0.25, -0.2) is 0 Å². The third-order valence-corrected chi connectivity index (χ3v) is 2.68. The van der Waals surface area contributed by atoms with E-state index >= 15 is 0 Å². The molecule has 0 N–H and O–H groups in total. The number of hydrogen-bond donors (Lipinski definition) is 0.